The quantitative estimate of drug-likeness (QED) is 0.445. The first-order chi connectivity index (χ1) is 12.4. The Morgan fingerprint density at radius 1 is 0.923 bits per heavy atom. The van der Waals surface area contributed by atoms with E-state index in [0.29, 0.717) is 19.4 Å². The predicted octanol–water partition coefficient (Wildman–Crippen LogP) is 4.72. The number of hydrogen-bond donors (Lipinski definition) is 0. The molecule has 2 aromatic carbocycles. The molecule has 0 radical (unpaired) electrons. The van der Waals surface area contributed by atoms with Crippen LogP contribution in [0.1, 0.15) is 50.3 Å². The van der Waals surface area contributed by atoms with Gasteiger partial charge in [0.05, 0.1) is 13.7 Å². The number of esters is 1. The van der Waals surface area contributed by atoms with Crippen LogP contribution in [-0.4, -0.2) is 19.7 Å². The number of carbonyl (C=O) groups excluding carboxylic acids is 1. The van der Waals surface area contributed by atoms with Gasteiger partial charge in [-0.1, -0.05) is 44.7 Å². The van der Waals surface area contributed by atoms with Crippen molar-refractivity contribution >= 4 is 5.97 Å². The number of carbonyl (C=O) groups is 1. The normalized spacial score (nSPS) is 10.6. The second-order valence-electron chi connectivity index (χ2n) is 7.13. The Morgan fingerprint density at radius 3 is 1.96 bits per heavy atom. The van der Waals surface area contributed by atoms with Crippen LogP contribution in [0.15, 0.2) is 48.5 Å². The summed E-state index contributed by atoms with van der Waals surface area (Å²) in [6.45, 7) is 7.09. The zero-order chi connectivity index (χ0) is 19.0. The van der Waals surface area contributed by atoms with Crippen molar-refractivity contribution < 1.29 is 14.3 Å². The molecule has 0 bridgehead atoms. The van der Waals surface area contributed by atoms with E-state index in [-0.39, 0.29) is 11.4 Å². The standard InChI is InChI=1S/C23H26O3/c1-23(2,3)20-13-9-18(10-14-20)7-8-19-11-15-21(16-12-19)26-17-5-6-22(24)25-4/h9-16H,5-6,17H2,1-4H3. The Kier molecular flexibility index (Phi) is 6.86. The van der Waals surface area contributed by atoms with Crippen LogP contribution in [0.4, 0.5) is 0 Å². The van der Waals surface area contributed by atoms with Crippen molar-refractivity contribution in [3.63, 3.8) is 0 Å². The van der Waals surface area contributed by atoms with Crippen LogP contribution < -0.4 is 4.74 Å². The SMILES string of the molecule is COC(=O)CCCOc1ccc(C#Cc2ccc(C(C)(C)C)cc2)cc1. The maximum atomic E-state index is 11.0. The minimum Gasteiger partial charge on any atom is -0.494 e. The van der Waals surface area contributed by atoms with Gasteiger partial charge in [0.2, 0.25) is 0 Å². The molecule has 0 spiro atoms. The molecule has 136 valence electrons. The van der Waals surface area contributed by atoms with Crippen LogP contribution in [0.3, 0.4) is 0 Å². The van der Waals surface area contributed by atoms with Gasteiger partial charge in [0, 0.05) is 17.5 Å². The molecule has 3 nitrogen and oxygen atoms in total. The molecule has 0 aliphatic rings. The number of ether oxygens (including phenoxy) is 2. The molecule has 0 saturated carbocycles. The van der Waals surface area contributed by atoms with E-state index in [4.69, 9.17) is 4.74 Å². The molecular weight excluding hydrogens is 324 g/mol. The lowest BCUT2D eigenvalue weighted by Crippen LogP contribution is -2.10. The van der Waals surface area contributed by atoms with E-state index in [9.17, 15) is 4.79 Å². The second kappa shape index (κ2) is 9.10. The Morgan fingerprint density at radius 2 is 1.46 bits per heavy atom. The highest BCUT2D eigenvalue weighted by Crippen LogP contribution is 2.22. The van der Waals surface area contributed by atoms with Gasteiger partial charge in [0.25, 0.3) is 0 Å². The van der Waals surface area contributed by atoms with E-state index in [1.165, 1.54) is 12.7 Å². The van der Waals surface area contributed by atoms with Gasteiger partial charge in [0.15, 0.2) is 0 Å². The van der Waals surface area contributed by atoms with E-state index >= 15 is 0 Å². The second-order valence-corrected chi connectivity index (χ2v) is 7.13. The molecule has 3 heteroatoms. The fourth-order valence-corrected chi connectivity index (χ4v) is 2.34. The average Bonchev–Trinajstić information content (AvgIpc) is 2.64. The van der Waals surface area contributed by atoms with Crippen molar-refractivity contribution in [2.24, 2.45) is 0 Å². The van der Waals surface area contributed by atoms with Gasteiger partial charge in [0.1, 0.15) is 5.75 Å². The van der Waals surface area contributed by atoms with Crippen molar-refractivity contribution in [3.05, 3.63) is 65.2 Å². The lowest BCUT2D eigenvalue weighted by atomic mass is 9.87. The third-order valence-electron chi connectivity index (χ3n) is 3.98. The Bertz CT molecular complexity index is 769. The number of hydrogen-bond acceptors (Lipinski definition) is 3. The minimum atomic E-state index is -0.213. The Balaban J connectivity index is 1.89. The molecule has 0 amide bonds. The molecule has 0 saturated heterocycles. The number of methoxy groups -OCH3 is 1. The maximum Gasteiger partial charge on any atom is 0.305 e. The summed E-state index contributed by atoms with van der Waals surface area (Å²) < 4.78 is 10.2. The fourth-order valence-electron chi connectivity index (χ4n) is 2.34. The van der Waals surface area contributed by atoms with Crippen LogP contribution in [0.5, 0.6) is 5.75 Å². The lowest BCUT2D eigenvalue weighted by molar-refractivity contribution is -0.140. The van der Waals surface area contributed by atoms with Gasteiger partial charge in [-0.05, 0) is 53.8 Å². The van der Waals surface area contributed by atoms with Crippen molar-refractivity contribution in [3.8, 4) is 17.6 Å². The Hall–Kier alpha value is -2.73. The Labute approximate surface area is 156 Å². The third kappa shape index (κ3) is 6.29. The average molecular weight is 350 g/mol. The van der Waals surface area contributed by atoms with E-state index < -0.39 is 0 Å². The topological polar surface area (TPSA) is 35.5 Å². The highest BCUT2D eigenvalue weighted by molar-refractivity contribution is 5.69. The van der Waals surface area contributed by atoms with Crippen LogP contribution in [-0.2, 0) is 14.9 Å². The predicted molar refractivity (Wildman–Crippen MR) is 104 cm³/mol. The number of rotatable bonds is 5. The molecule has 0 atom stereocenters. The summed E-state index contributed by atoms with van der Waals surface area (Å²) in [5.41, 5.74) is 3.39. The molecule has 2 aromatic rings. The van der Waals surface area contributed by atoms with Gasteiger partial charge >= 0.3 is 5.97 Å². The largest absolute Gasteiger partial charge is 0.494 e. The first kappa shape index (κ1) is 19.6. The lowest BCUT2D eigenvalue weighted by Gasteiger charge is -2.18. The van der Waals surface area contributed by atoms with Crippen LogP contribution in [0.25, 0.3) is 0 Å². The highest BCUT2D eigenvalue weighted by Gasteiger charge is 2.12. The van der Waals surface area contributed by atoms with Crippen molar-refractivity contribution in [2.75, 3.05) is 13.7 Å². The monoisotopic (exact) mass is 350 g/mol. The molecule has 0 aliphatic carbocycles. The van der Waals surface area contributed by atoms with Crippen LogP contribution >= 0.6 is 0 Å². The van der Waals surface area contributed by atoms with Crippen LogP contribution in [0.2, 0.25) is 0 Å². The first-order valence-electron chi connectivity index (χ1n) is 8.81. The maximum absolute atomic E-state index is 11.0. The van der Waals surface area contributed by atoms with Gasteiger partial charge in [-0.3, -0.25) is 4.79 Å². The zero-order valence-electron chi connectivity index (χ0n) is 16.0. The van der Waals surface area contributed by atoms with Gasteiger partial charge in [-0.2, -0.15) is 0 Å². The summed E-state index contributed by atoms with van der Waals surface area (Å²) in [5, 5.41) is 0. The summed E-state index contributed by atoms with van der Waals surface area (Å²) in [6, 6.07) is 16.1. The summed E-state index contributed by atoms with van der Waals surface area (Å²) in [6.07, 6.45) is 1.01. The highest BCUT2D eigenvalue weighted by atomic mass is 16.5. The number of benzene rings is 2. The van der Waals surface area contributed by atoms with E-state index in [2.05, 4.69) is 61.6 Å². The minimum absolute atomic E-state index is 0.151. The molecule has 0 aromatic heterocycles. The van der Waals surface area contributed by atoms with Crippen molar-refractivity contribution in [1.82, 2.24) is 0 Å². The summed E-state index contributed by atoms with van der Waals surface area (Å²) in [4.78, 5) is 11.0. The molecule has 0 heterocycles. The van der Waals surface area contributed by atoms with Gasteiger partial charge < -0.3 is 9.47 Å². The molecule has 0 aliphatic heterocycles. The molecule has 26 heavy (non-hydrogen) atoms. The molecule has 0 fully saturated rings. The summed E-state index contributed by atoms with van der Waals surface area (Å²) in [5.74, 6) is 6.92. The van der Waals surface area contributed by atoms with E-state index in [1.54, 1.807) is 0 Å². The van der Waals surface area contributed by atoms with Crippen molar-refractivity contribution in [1.29, 1.82) is 0 Å². The van der Waals surface area contributed by atoms with Crippen LogP contribution in [0, 0.1) is 11.8 Å². The molecule has 0 N–H and O–H groups in total. The smallest absolute Gasteiger partial charge is 0.305 e. The molecule has 0 unspecified atom stereocenters. The van der Waals surface area contributed by atoms with Gasteiger partial charge in [-0.25, -0.2) is 0 Å². The van der Waals surface area contributed by atoms with Gasteiger partial charge in [-0.15, -0.1) is 0 Å². The van der Waals surface area contributed by atoms with E-state index in [0.717, 1.165) is 16.9 Å². The third-order valence-corrected chi connectivity index (χ3v) is 3.98. The zero-order valence-corrected chi connectivity index (χ0v) is 16.0. The summed E-state index contributed by atoms with van der Waals surface area (Å²) >= 11 is 0. The van der Waals surface area contributed by atoms with Crippen molar-refractivity contribution in [2.45, 2.75) is 39.0 Å². The fraction of sp³-hybridized carbons (Fsp3) is 0.348. The first-order valence-corrected chi connectivity index (χ1v) is 8.81. The molecule has 2 rings (SSSR count). The molecular formula is C23H26O3. The summed E-state index contributed by atoms with van der Waals surface area (Å²) in [7, 11) is 1.39. The van der Waals surface area contributed by atoms with E-state index in [1.807, 2.05) is 24.3 Å².